The van der Waals surface area contributed by atoms with Crippen molar-refractivity contribution >= 4 is 40.8 Å². The van der Waals surface area contributed by atoms with E-state index < -0.39 is 29.4 Å². The van der Waals surface area contributed by atoms with Crippen molar-refractivity contribution < 1.29 is 19.2 Å². The van der Waals surface area contributed by atoms with Crippen LogP contribution in [0, 0.1) is 12.8 Å². The minimum absolute atomic E-state index is 0.0408. The van der Waals surface area contributed by atoms with Gasteiger partial charge in [0.25, 0.3) is 5.91 Å². The number of carbonyl (C=O) groups excluding carboxylic acids is 4. The number of hydrogen-bond donors (Lipinski definition) is 3. The maximum atomic E-state index is 13.5. The third-order valence-corrected chi connectivity index (χ3v) is 7.49. The lowest BCUT2D eigenvalue weighted by atomic mass is 9.89. The largest absolute Gasteiger partial charge is 0.353 e. The fraction of sp³-hybridized carbons (Fsp3) is 0.231. The second kappa shape index (κ2) is 8.99. The van der Waals surface area contributed by atoms with Gasteiger partial charge in [-0.2, -0.15) is 0 Å². The molecule has 5 amide bonds. The molecule has 35 heavy (non-hydrogen) atoms. The molecule has 3 unspecified atom stereocenters. The standard InChI is InChI=1S/C26H24N4O4S/c1-16-9-11-18(12-10-16)30-21(31)14-19(22(30)20-8-5-13-35-20)23(32)27-15-26(17-6-3-2-4-7-17)24(33)28-25(34)29-26/h2-13,19,22H,14-15H2,1H3,(H,27,32)(H2,28,29,33,34). The summed E-state index contributed by atoms with van der Waals surface area (Å²) in [6.07, 6.45) is 0.0408. The number of hydrogen-bond acceptors (Lipinski definition) is 5. The number of rotatable bonds is 6. The van der Waals surface area contributed by atoms with Gasteiger partial charge in [0.05, 0.1) is 18.5 Å². The second-order valence-corrected chi connectivity index (χ2v) is 9.75. The van der Waals surface area contributed by atoms with Crippen LogP contribution in [0.5, 0.6) is 0 Å². The Balaban J connectivity index is 1.43. The molecule has 3 heterocycles. The quantitative estimate of drug-likeness (QED) is 0.464. The van der Waals surface area contributed by atoms with Gasteiger partial charge in [-0.05, 0) is 36.1 Å². The number of nitrogens with one attached hydrogen (secondary N) is 3. The molecule has 2 fully saturated rings. The molecule has 3 N–H and O–H groups in total. The van der Waals surface area contributed by atoms with E-state index >= 15 is 0 Å². The highest BCUT2D eigenvalue weighted by molar-refractivity contribution is 7.10. The first-order chi connectivity index (χ1) is 16.9. The molecule has 9 heteroatoms. The summed E-state index contributed by atoms with van der Waals surface area (Å²) in [5.74, 6) is -1.68. The molecule has 3 atom stereocenters. The molecule has 5 rings (SSSR count). The van der Waals surface area contributed by atoms with E-state index in [9.17, 15) is 19.2 Å². The number of carbonyl (C=O) groups is 4. The average molecular weight is 489 g/mol. The van der Waals surface area contributed by atoms with Crippen molar-refractivity contribution in [2.75, 3.05) is 11.4 Å². The van der Waals surface area contributed by atoms with E-state index in [1.807, 2.05) is 48.7 Å². The van der Waals surface area contributed by atoms with Crippen LogP contribution in [0.25, 0.3) is 0 Å². The lowest BCUT2D eigenvalue weighted by Crippen LogP contribution is -2.53. The molecule has 0 radical (unpaired) electrons. The Morgan fingerprint density at radius 3 is 2.43 bits per heavy atom. The molecule has 2 aliphatic rings. The Hall–Kier alpha value is -3.98. The van der Waals surface area contributed by atoms with Gasteiger partial charge in [-0.15, -0.1) is 11.3 Å². The maximum absolute atomic E-state index is 13.5. The zero-order valence-electron chi connectivity index (χ0n) is 19.0. The van der Waals surface area contributed by atoms with Gasteiger partial charge < -0.3 is 15.5 Å². The van der Waals surface area contributed by atoms with Gasteiger partial charge in [0.15, 0.2) is 5.54 Å². The molecule has 2 saturated heterocycles. The number of anilines is 1. The number of aryl methyl sites for hydroxylation is 1. The summed E-state index contributed by atoms with van der Waals surface area (Å²) < 4.78 is 0. The Labute approximate surface area is 206 Å². The van der Waals surface area contributed by atoms with Gasteiger partial charge in [0, 0.05) is 17.0 Å². The SMILES string of the molecule is Cc1ccc(N2C(=O)CC(C(=O)NCC3(c4ccccc4)NC(=O)NC3=O)C2c2cccs2)cc1. The second-order valence-electron chi connectivity index (χ2n) is 8.77. The van der Waals surface area contributed by atoms with Gasteiger partial charge in [0.2, 0.25) is 11.8 Å². The van der Waals surface area contributed by atoms with Crippen molar-refractivity contribution in [3.63, 3.8) is 0 Å². The van der Waals surface area contributed by atoms with Crippen LogP contribution in [0.3, 0.4) is 0 Å². The number of benzene rings is 2. The summed E-state index contributed by atoms with van der Waals surface area (Å²) in [6, 6.07) is 19.2. The predicted molar refractivity (Wildman–Crippen MR) is 132 cm³/mol. The first-order valence-corrected chi connectivity index (χ1v) is 12.2. The molecule has 1 aromatic heterocycles. The summed E-state index contributed by atoms with van der Waals surface area (Å²) in [4.78, 5) is 54.1. The normalized spacial score (nSPS) is 23.8. The predicted octanol–water partition coefficient (Wildman–Crippen LogP) is 3.00. The average Bonchev–Trinajstić information content (AvgIpc) is 3.57. The van der Waals surface area contributed by atoms with E-state index in [-0.39, 0.29) is 24.8 Å². The molecule has 8 nitrogen and oxygen atoms in total. The lowest BCUT2D eigenvalue weighted by Gasteiger charge is -2.29. The third-order valence-electron chi connectivity index (χ3n) is 6.54. The van der Waals surface area contributed by atoms with Crippen LogP contribution < -0.4 is 20.9 Å². The first-order valence-electron chi connectivity index (χ1n) is 11.3. The maximum Gasteiger partial charge on any atom is 0.322 e. The fourth-order valence-corrected chi connectivity index (χ4v) is 5.64. The van der Waals surface area contributed by atoms with E-state index in [1.54, 1.807) is 35.2 Å². The molecule has 178 valence electrons. The van der Waals surface area contributed by atoms with Gasteiger partial charge in [-0.3, -0.25) is 19.7 Å². The molecule has 2 aliphatic heterocycles. The Bertz CT molecular complexity index is 1280. The molecular formula is C26H24N4O4S. The summed E-state index contributed by atoms with van der Waals surface area (Å²) >= 11 is 1.49. The highest BCUT2D eigenvalue weighted by Gasteiger charge is 2.50. The van der Waals surface area contributed by atoms with Crippen molar-refractivity contribution in [3.05, 3.63) is 88.1 Å². The summed E-state index contributed by atoms with van der Waals surface area (Å²) in [5, 5.41) is 9.73. The smallest absolute Gasteiger partial charge is 0.322 e. The highest BCUT2D eigenvalue weighted by atomic mass is 32.1. The molecule has 0 saturated carbocycles. The van der Waals surface area contributed by atoms with Crippen molar-refractivity contribution in [3.8, 4) is 0 Å². The minimum atomic E-state index is -1.42. The van der Waals surface area contributed by atoms with Crippen molar-refractivity contribution in [2.45, 2.75) is 24.9 Å². The van der Waals surface area contributed by atoms with Gasteiger partial charge in [-0.25, -0.2) is 4.79 Å². The summed E-state index contributed by atoms with van der Waals surface area (Å²) in [7, 11) is 0. The summed E-state index contributed by atoms with van der Waals surface area (Å²) in [6.45, 7) is 1.84. The highest BCUT2D eigenvalue weighted by Crippen LogP contribution is 2.43. The minimum Gasteiger partial charge on any atom is -0.353 e. The Morgan fingerprint density at radius 1 is 1.06 bits per heavy atom. The number of amides is 5. The monoisotopic (exact) mass is 488 g/mol. The topological polar surface area (TPSA) is 108 Å². The van der Waals surface area contributed by atoms with Crippen molar-refractivity contribution in [1.82, 2.24) is 16.0 Å². The molecule has 0 spiro atoms. The lowest BCUT2D eigenvalue weighted by molar-refractivity contribution is -0.128. The van der Waals surface area contributed by atoms with Gasteiger partial charge >= 0.3 is 6.03 Å². The Morgan fingerprint density at radius 2 is 1.80 bits per heavy atom. The number of nitrogens with zero attached hydrogens (tertiary/aromatic N) is 1. The van der Waals surface area contributed by atoms with E-state index in [1.165, 1.54) is 11.3 Å². The van der Waals surface area contributed by atoms with Crippen molar-refractivity contribution in [2.24, 2.45) is 5.92 Å². The molecule has 3 aromatic rings. The van der Waals surface area contributed by atoms with Crippen LogP contribution in [-0.2, 0) is 19.9 Å². The van der Waals surface area contributed by atoms with Gasteiger partial charge in [0.1, 0.15) is 0 Å². The van der Waals surface area contributed by atoms with Crippen LogP contribution in [0.2, 0.25) is 0 Å². The Kier molecular flexibility index (Phi) is 5.86. The van der Waals surface area contributed by atoms with Crippen LogP contribution in [0.1, 0.15) is 28.5 Å². The fourth-order valence-electron chi connectivity index (χ4n) is 4.76. The summed E-state index contributed by atoms with van der Waals surface area (Å²) in [5.41, 5.74) is 0.941. The van der Waals surface area contributed by atoms with Crippen LogP contribution in [0.15, 0.2) is 72.1 Å². The van der Waals surface area contributed by atoms with E-state index in [4.69, 9.17) is 0 Å². The van der Waals surface area contributed by atoms with E-state index in [2.05, 4.69) is 16.0 Å². The van der Waals surface area contributed by atoms with E-state index in [0.717, 1.165) is 16.1 Å². The van der Waals surface area contributed by atoms with Crippen molar-refractivity contribution in [1.29, 1.82) is 0 Å². The van der Waals surface area contributed by atoms with Gasteiger partial charge in [-0.1, -0.05) is 54.1 Å². The molecular weight excluding hydrogens is 464 g/mol. The number of urea groups is 1. The van der Waals surface area contributed by atoms with Crippen LogP contribution >= 0.6 is 11.3 Å². The molecule has 2 aromatic carbocycles. The molecule has 0 bridgehead atoms. The zero-order chi connectivity index (χ0) is 24.6. The molecule has 0 aliphatic carbocycles. The van der Waals surface area contributed by atoms with Crippen LogP contribution in [0.4, 0.5) is 10.5 Å². The number of imide groups is 1. The first kappa shape index (κ1) is 22.8. The number of thiophene rings is 1. The third kappa shape index (κ3) is 4.08. The van der Waals surface area contributed by atoms with Crippen LogP contribution in [-0.4, -0.2) is 30.3 Å². The van der Waals surface area contributed by atoms with E-state index in [0.29, 0.717) is 5.56 Å². The zero-order valence-corrected chi connectivity index (χ0v) is 19.8.